The highest BCUT2D eigenvalue weighted by Gasteiger charge is 2.31. The maximum absolute atomic E-state index is 12.5. The standard InChI is InChI=1S/C18H30N4OS/c1-15-6-12-21(13-7-15)10-3-2-8-19-17(23)16-5-4-11-22(16)18-20-9-14-24-18/h9,14-16H,2-8,10-13H2,1H3,(H,19,23)/t16-/m0/s1. The van der Waals surface area contributed by atoms with Crippen LogP contribution >= 0.6 is 11.3 Å². The number of carbonyl (C=O) groups is 1. The Kier molecular flexibility index (Phi) is 6.49. The quantitative estimate of drug-likeness (QED) is 0.768. The van der Waals surface area contributed by atoms with Crippen LogP contribution in [0.25, 0.3) is 0 Å². The van der Waals surface area contributed by atoms with Crippen LogP contribution in [0.15, 0.2) is 11.6 Å². The highest BCUT2D eigenvalue weighted by molar-refractivity contribution is 7.13. The average molecular weight is 351 g/mol. The molecule has 1 N–H and O–H groups in total. The number of unbranched alkanes of at least 4 members (excludes halogenated alkanes) is 1. The molecule has 2 aliphatic heterocycles. The Balaban J connectivity index is 1.32. The van der Waals surface area contributed by atoms with Gasteiger partial charge in [-0.15, -0.1) is 11.3 Å². The van der Waals surface area contributed by atoms with Crippen molar-refractivity contribution in [2.75, 3.05) is 37.6 Å². The zero-order valence-corrected chi connectivity index (χ0v) is 15.6. The van der Waals surface area contributed by atoms with Gasteiger partial charge in [0.25, 0.3) is 0 Å². The molecule has 1 amide bonds. The number of amides is 1. The van der Waals surface area contributed by atoms with E-state index in [1.807, 2.05) is 11.6 Å². The summed E-state index contributed by atoms with van der Waals surface area (Å²) in [4.78, 5) is 21.6. The van der Waals surface area contributed by atoms with Gasteiger partial charge in [0, 0.05) is 24.7 Å². The van der Waals surface area contributed by atoms with E-state index in [-0.39, 0.29) is 11.9 Å². The third-order valence-corrected chi connectivity index (χ3v) is 6.11. The molecule has 0 unspecified atom stereocenters. The summed E-state index contributed by atoms with van der Waals surface area (Å²) in [6.45, 7) is 7.77. The van der Waals surface area contributed by atoms with Crippen molar-refractivity contribution >= 4 is 22.4 Å². The molecule has 1 aromatic rings. The van der Waals surface area contributed by atoms with Gasteiger partial charge < -0.3 is 15.1 Å². The van der Waals surface area contributed by atoms with Crippen LogP contribution in [0.1, 0.15) is 45.4 Å². The van der Waals surface area contributed by atoms with Crippen molar-refractivity contribution in [3.63, 3.8) is 0 Å². The smallest absolute Gasteiger partial charge is 0.242 e. The summed E-state index contributed by atoms with van der Waals surface area (Å²) in [6, 6.07) is -0.0280. The van der Waals surface area contributed by atoms with Gasteiger partial charge in [-0.2, -0.15) is 0 Å². The first-order chi connectivity index (χ1) is 11.7. The van der Waals surface area contributed by atoms with Gasteiger partial charge in [-0.1, -0.05) is 6.92 Å². The van der Waals surface area contributed by atoms with Crippen molar-refractivity contribution in [1.82, 2.24) is 15.2 Å². The largest absolute Gasteiger partial charge is 0.354 e. The Morgan fingerprint density at radius 1 is 1.29 bits per heavy atom. The van der Waals surface area contributed by atoms with Crippen molar-refractivity contribution < 1.29 is 4.79 Å². The number of anilines is 1. The zero-order chi connectivity index (χ0) is 16.8. The van der Waals surface area contributed by atoms with Gasteiger partial charge in [0.15, 0.2) is 5.13 Å². The number of nitrogens with zero attached hydrogens (tertiary/aromatic N) is 3. The lowest BCUT2D eigenvalue weighted by Crippen LogP contribution is -2.43. The number of nitrogens with one attached hydrogen (secondary N) is 1. The monoisotopic (exact) mass is 350 g/mol. The minimum absolute atomic E-state index is 0.0280. The van der Waals surface area contributed by atoms with E-state index in [4.69, 9.17) is 0 Å². The molecule has 0 aliphatic carbocycles. The van der Waals surface area contributed by atoms with Gasteiger partial charge in [-0.25, -0.2) is 4.98 Å². The second-order valence-electron chi connectivity index (χ2n) is 7.19. The minimum atomic E-state index is -0.0280. The number of thiazole rings is 1. The molecule has 3 heterocycles. The Bertz CT molecular complexity index is 499. The highest BCUT2D eigenvalue weighted by Crippen LogP contribution is 2.27. The lowest BCUT2D eigenvalue weighted by Gasteiger charge is -2.30. The fourth-order valence-corrected chi connectivity index (χ4v) is 4.42. The lowest BCUT2D eigenvalue weighted by molar-refractivity contribution is -0.122. The van der Waals surface area contributed by atoms with Crippen molar-refractivity contribution in [2.45, 2.75) is 51.5 Å². The third-order valence-electron chi connectivity index (χ3n) is 5.30. The number of hydrogen-bond donors (Lipinski definition) is 1. The Hall–Kier alpha value is -1.14. The van der Waals surface area contributed by atoms with Gasteiger partial charge in [0.05, 0.1) is 0 Å². The molecule has 3 rings (SSSR count). The van der Waals surface area contributed by atoms with Crippen LogP contribution < -0.4 is 10.2 Å². The summed E-state index contributed by atoms with van der Waals surface area (Å²) in [7, 11) is 0. The summed E-state index contributed by atoms with van der Waals surface area (Å²) in [6.07, 6.45) is 8.75. The van der Waals surface area contributed by atoms with Crippen molar-refractivity contribution in [3.8, 4) is 0 Å². The number of piperidine rings is 1. The molecule has 0 aromatic carbocycles. The molecule has 6 heteroatoms. The van der Waals surface area contributed by atoms with Crippen molar-refractivity contribution in [2.24, 2.45) is 5.92 Å². The predicted octanol–water partition coefficient (Wildman–Crippen LogP) is 2.74. The van der Waals surface area contributed by atoms with Crippen LogP contribution in [0, 0.1) is 5.92 Å². The maximum atomic E-state index is 12.5. The summed E-state index contributed by atoms with van der Waals surface area (Å²) >= 11 is 1.62. The van der Waals surface area contributed by atoms with Crippen molar-refractivity contribution in [3.05, 3.63) is 11.6 Å². The van der Waals surface area contributed by atoms with Gasteiger partial charge in [-0.3, -0.25) is 4.79 Å². The number of aromatic nitrogens is 1. The number of hydrogen-bond acceptors (Lipinski definition) is 5. The van der Waals surface area contributed by atoms with Gasteiger partial charge in [0.2, 0.25) is 5.91 Å². The second kappa shape index (κ2) is 8.81. The second-order valence-corrected chi connectivity index (χ2v) is 8.06. The first kappa shape index (κ1) is 17.7. The molecule has 1 atom stereocenters. The normalized spacial score (nSPS) is 22.9. The predicted molar refractivity (Wildman–Crippen MR) is 99.6 cm³/mol. The van der Waals surface area contributed by atoms with E-state index in [9.17, 15) is 4.79 Å². The highest BCUT2D eigenvalue weighted by atomic mass is 32.1. The van der Waals surface area contributed by atoms with Crippen molar-refractivity contribution in [1.29, 1.82) is 0 Å². The number of carbonyl (C=O) groups excluding carboxylic acids is 1. The first-order valence-corrected chi connectivity index (χ1v) is 10.3. The summed E-state index contributed by atoms with van der Waals surface area (Å²) < 4.78 is 0. The molecule has 2 fully saturated rings. The molecule has 1 aromatic heterocycles. The Morgan fingerprint density at radius 3 is 2.88 bits per heavy atom. The molecule has 24 heavy (non-hydrogen) atoms. The minimum Gasteiger partial charge on any atom is -0.354 e. The topological polar surface area (TPSA) is 48.5 Å². The third kappa shape index (κ3) is 4.70. The number of likely N-dealkylation sites (tertiary alicyclic amines) is 1. The lowest BCUT2D eigenvalue weighted by atomic mass is 9.99. The van der Waals surface area contributed by atoms with Crippen LogP contribution in [0.5, 0.6) is 0 Å². The van der Waals surface area contributed by atoms with Crippen LogP contribution in [-0.4, -0.2) is 54.6 Å². The molecule has 5 nitrogen and oxygen atoms in total. The van der Waals surface area contributed by atoms with E-state index in [1.54, 1.807) is 11.3 Å². The van der Waals surface area contributed by atoms with E-state index in [2.05, 4.69) is 27.0 Å². The van der Waals surface area contributed by atoms with Gasteiger partial charge in [-0.05, 0) is 64.1 Å². The maximum Gasteiger partial charge on any atom is 0.242 e. The molecule has 0 spiro atoms. The molecule has 0 saturated carbocycles. The summed E-state index contributed by atoms with van der Waals surface area (Å²) in [5.41, 5.74) is 0. The fraction of sp³-hybridized carbons (Fsp3) is 0.778. The van der Waals surface area contributed by atoms with Crippen LogP contribution in [0.2, 0.25) is 0 Å². The molecule has 134 valence electrons. The van der Waals surface area contributed by atoms with E-state index in [1.165, 1.54) is 38.9 Å². The molecule has 0 bridgehead atoms. The molecule has 2 aliphatic rings. The van der Waals surface area contributed by atoms with E-state index < -0.39 is 0 Å². The zero-order valence-electron chi connectivity index (χ0n) is 14.7. The SMILES string of the molecule is CC1CCN(CCCCNC(=O)[C@@H]2CCCN2c2nccs2)CC1. The Morgan fingerprint density at radius 2 is 2.12 bits per heavy atom. The first-order valence-electron chi connectivity index (χ1n) is 9.40. The summed E-state index contributed by atoms with van der Waals surface area (Å²) in [5, 5.41) is 6.09. The van der Waals surface area contributed by atoms with Gasteiger partial charge >= 0.3 is 0 Å². The molecular weight excluding hydrogens is 320 g/mol. The van der Waals surface area contributed by atoms with E-state index >= 15 is 0 Å². The van der Waals surface area contributed by atoms with E-state index in [0.717, 1.165) is 43.4 Å². The van der Waals surface area contributed by atoms with Crippen LogP contribution in [0.3, 0.4) is 0 Å². The average Bonchev–Trinajstić information content (AvgIpc) is 3.27. The molecule has 0 radical (unpaired) electrons. The fourth-order valence-electron chi connectivity index (χ4n) is 3.70. The van der Waals surface area contributed by atoms with Crippen LogP contribution in [0.4, 0.5) is 5.13 Å². The summed E-state index contributed by atoms with van der Waals surface area (Å²) in [5.74, 6) is 1.07. The Labute approximate surface area is 149 Å². The molecule has 2 saturated heterocycles. The number of rotatable bonds is 7. The van der Waals surface area contributed by atoms with E-state index in [0.29, 0.717) is 0 Å². The van der Waals surface area contributed by atoms with Gasteiger partial charge in [0.1, 0.15) is 6.04 Å². The van der Waals surface area contributed by atoms with Crippen LogP contribution in [-0.2, 0) is 4.79 Å². The molecular formula is C18H30N4OS.